The third-order valence-electron chi connectivity index (χ3n) is 3.38. The van der Waals surface area contributed by atoms with Crippen molar-refractivity contribution in [1.29, 1.82) is 0 Å². The van der Waals surface area contributed by atoms with Gasteiger partial charge in [-0.15, -0.1) is 0 Å². The summed E-state index contributed by atoms with van der Waals surface area (Å²) in [6.07, 6.45) is 4.71. The SMILES string of the molecule is O=C(O)c1cccc(OC(=O)C2CCCCC2)c1O. The quantitative estimate of drug-likeness (QED) is 0.647. The van der Waals surface area contributed by atoms with Gasteiger partial charge in [-0.3, -0.25) is 4.79 Å². The number of carboxylic acid groups (broad SMARTS) is 1. The molecular formula is C14H16O5. The van der Waals surface area contributed by atoms with Crippen molar-refractivity contribution in [3.05, 3.63) is 23.8 Å². The van der Waals surface area contributed by atoms with Crippen LogP contribution in [0, 0.1) is 5.92 Å². The van der Waals surface area contributed by atoms with Crippen molar-refractivity contribution in [2.45, 2.75) is 32.1 Å². The van der Waals surface area contributed by atoms with Crippen molar-refractivity contribution >= 4 is 11.9 Å². The number of aromatic hydroxyl groups is 1. The van der Waals surface area contributed by atoms with Crippen molar-refractivity contribution in [3.8, 4) is 11.5 Å². The third kappa shape index (κ3) is 3.05. The van der Waals surface area contributed by atoms with E-state index in [-0.39, 0.29) is 17.2 Å². The minimum Gasteiger partial charge on any atom is -0.504 e. The molecule has 1 fully saturated rings. The van der Waals surface area contributed by atoms with Crippen LogP contribution in [0.25, 0.3) is 0 Å². The van der Waals surface area contributed by atoms with Gasteiger partial charge in [0.1, 0.15) is 5.56 Å². The van der Waals surface area contributed by atoms with Gasteiger partial charge >= 0.3 is 11.9 Å². The second-order valence-electron chi connectivity index (χ2n) is 4.71. The molecule has 0 bridgehead atoms. The summed E-state index contributed by atoms with van der Waals surface area (Å²) in [6.45, 7) is 0. The third-order valence-corrected chi connectivity index (χ3v) is 3.38. The number of rotatable bonds is 3. The molecule has 0 atom stereocenters. The van der Waals surface area contributed by atoms with E-state index in [0.717, 1.165) is 32.1 Å². The van der Waals surface area contributed by atoms with Crippen molar-refractivity contribution in [2.24, 2.45) is 5.92 Å². The molecule has 0 aromatic heterocycles. The zero-order valence-electron chi connectivity index (χ0n) is 10.5. The number of carboxylic acids is 1. The molecule has 0 spiro atoms. The molecule has 1 saturated carbocycles. The first-order chi connectivity index (χ1) is 9.09. The van der Waals surface area contributed by atoms with Crippen LogP contribution in [0.4, 0.5) is 0 Å². The number of benzene rings is 1. The molecule has 2 N–H and O–H groups in total. The van der Waals surface area contributed by atoms with Gasteiger partial charge in [0.2, 0.25) is 0 Å². The fraction of sp³-hybridized carbons (Fsp3) is 0.429. The molecule has 0 amide bonds. The number of carbonyl (C=O) groups excluding carboxylic acids is 1. The van der Waals surface area contributed by atoms with Crippen LogP contribution in [0.3, 0.4) is 0 Å². The first kappa shape index (κ1) is 13.4. The van der Waals surface area contributed by atoms with E-state index in [1.54, 1.807) is 0 Å². The zero-order valence-corrected chi connectivity index (χ0v) is 10.5. The Balaban J connectivity index is 2.12. The van der Waals surface area contributed by atoms with Crippen LogP contribution in [0.5, 0.6) is 11.5 Å². The Bertz CT molecular complexity index is 489. The van der Waals surface area contributed by atoms with E-state index in [1.165, 1.54) is 18.2 Å². The van der Waals surface area contributed by atoms with Gasteiger partial charge in [0, 0.05) is 0 Å². The van der Waals surface area contributed by atoms with Crippen molar-refractivity contribution in [1.82, 2.24) is 0 Å². The van der Waals surface area contributed by atoms with E-state index in [2.05, 4.69) is 0 Å². The van der Waals surface area contributed by atoms with E-state index in [9.17, 15) is 14.7 Å². The van der Waals surface area contributed by atoms with Crippen molar-refractivity contribution < 1.29 is 24.5 Å². The van der Waals surface area contributed by atoms with Crippen LogP contribution in [0.2, 0.25) is 0 Å². The zero-order chi connectivity index (χ0) is 13.8. The summed E-state index contributed by atoms with van der Waals surface area (Å²) in [5.74, 6) is -2.39. The summed E-state index contributed by atoms with van der Waals surface area (Å²) in [5, 5.41) is 18.6. The first-order valence-electron chi connectivity index (χ1n) is 6.36. The molecule has 5 heteroatoms. The number of para-hydroxylation sites is 1. The topological polar surface area (TPSA) is 83.8 Å². The highest BCUT2D eigenvalue weighted by molar-refractivity contribution is 5.92. The second kappa shape index (κ2) is 5.73. The van der Waals surface area contributed by atoms with E-state index >= 15 is 0 Å². The summed E-state index contributed by atoms with van der Waals surface area (Å²) in [6, 6.07) is 4.09. The smallest absolute Gasteiger partial charge is 0.339 e. The summed E-state index contributed by atoms with van der Waals surface area (Å²) in [5.41, 5.74) is -0.269. The lowest BCUT2D eigenvalue weighted by Crippen LogP contribution is -2.22. The van der Waals surface area contributed by atoms with E-state index in [1.807, 2.05) is 0 Å². The van der Waals surface area contributed by atoms with Crippen molar-refractivity contribution in [3.63, 3.8) is 0 Å². The van der Waals surface area contributed by atoms with Crippen LogP contribution < -0.4 is 4.74 Å². The summed E-state index contributed by atoms with van der Waals surface area (Å²) in [4.78, 5) is 22.8. The molecule has 0 radical (unpaired) electrons. The van der Waals surface area contributed by atoms with Crippen molar-refractivity contribution in [2.75, 3.05) is 0 Å². The van der Waals surface area contributed by atoms with Gasteiger partial charge in [-0.05, 0) is 25.0 Å². The summed E-state index contributed by atoms with van der Waals surface area (Å²) >= 11 is 0. The molecule has 2 rings (SSSR count). The lowest BCUT2D eigenvalue weighted by molar-refractivity contribution is -0.140. The lowest BCUT2D eigenvalue weighted by Gasteiger charge is -2.20. The van der Waals surface area contributed by atoms with E-state index < -0.39 is 17.7 Å². The minimum absolute atomic E-state index is 0.0875. The molecule has 1 aromatic rings. The molecule has 102 valence electrons. The Morgan fingerprint density at radius 2 is 1.84 bits per heavy atom. The van der Waals surface area contributed by atoms with Gasteiger partial charge in [-0.1, -0.05) is 25.3 Å². The number of esters is 1. The molecule has 1 aliphatic rings. The van der Waals surface area contributed by atoms with Crippen LogP contribution in [-0.2, 0) is 4.79 Å². The van der Waals surface area contributed by atoms with Gasteiger partial charge in [0.15, 0.2) is 11.5 Å². The summed E-state index contributed by atoms with van der Waals surface area (Å²) in [7, 11) is 0. The van der Waals surface area contributed by atoms with Gasteiger partial charge in [-0.25, -0.2) is 4.79 Å². The molecule has 0 aliphatic heterocycles. The van der Waals surface area contributed by atoms with Crippen LogP contribution in [0.15, 0.2) is 18.2 Å². The van der Waals surface area contributed by atoms with Gasteiger partial charge in [0.05, 0.1) is 5.92 Å². The van der Waals surface area contributed by atoms with Crippen LogP contribution in [-0.4, -0.2) is 22.2 Å². The lowest BCUT2D eigenvalue weighted by atomic mass is 9.89. The molecule has 5 nitrogen and oxygen atoms in total. The highest BCUT2D eigenvalue weighted by atomic mass is 16.5. The molecule has 0 saturated heterocycles. The molecule has 0 heterocycles. The van der Waals surface area contributed by atoms with E-state index in [4.69, 9.17) is 9.84 Å². The Kier molecular flexibility index (Phi) is 4.04. The van der Waals surface area contributed by atoms with Gasteiger partial charge in [-0.2, -0.15) is 0 Å². The average Bonchev–Trinajstić information content (AvgIpc) is 2.41. The maximum atomic E-state index is 11.9. The Morgan fingerprint density at radius 3 is 2.47 bits per heavy atom. The Labute approximate surface area is 110 Å². The Morgan fingerprint density at radius 1 is 1.16 bits per heavy atom. The molecule has 19 heavy (non-hydrogen) atoms. The fourth-order valence-corrected chi connectivity index (χ4v) is 2.31. The van der Waals surface area contributed by atoms with Gasteiger partial charge in [0.25, 0.3) is 0 Å². The maximum absolute atomic E-state index is 11.9. The predicted molar refractivity (Wildman–Crippen MR) is 67.3 cm³/mol. The van der Waals surface area contributed by atoms with E-state index in [0.29, 0.717) is 0 Å². The van der Waals surface area contributed by atoms with Gasteiger partial charge < -0.3 is 14.9 Å². The number of phenols is 1. The molecule has 1 aliphatic carbocycles. The fourth-order valence-electron chi connectivity index (χ4n) is 2.31. The normalized spacial score (nSPS) is 16.0. The number of carbonyl (C=O) groups is 2. The standard InChI is InChI=1S/C14H16O5/c15-12-10(13(16)17)7-4-8-11(12)19-14(18)9-5-2-1-3-6-9/h4,7-9,15H,1-3,5-6H2,(H,16,17). The summed E-state index contributed by atoms with van der Waals surface area (Å²) < 4.78 is 5.12. The molecule has 0 unspecified atom stereocenters. The second-order valence-corrected chi connectivity index (χ2v) is 4.71. The average molecular weight is 264 g/mol. The number of ether oxygens (including phenoxy) is 1. The first-order valence-corrected chi connectivity index (χ1v) is 6.36. The van der Waals surface area contributed by atoms with Crippen LogP contribution >= 0.6 is 0 Å². The Hall–Kier alpha value is -2.04. The maximum Gasteiger partial charge on any atom is 0.339 e. The molecular weight excluding hydrogens is 248 g/mol. The number of hydrogen-bond acceptors (Lipinski definition) is 4. The molecule has 1 aromatic carbocycles. The number of aromatic carboxylic acids is 1. The largest absolute Gasteiger partial charge is 0.504 e. The minimum atomic E-state index is -1.26. The highest BCUT2D eigenvalue weighted by Gasteiger charge is 2.24. The predicted octanol–water partition coefficient (Wildman–Crippen LogP) is 2.58. The number of hydrogen-bond donors (Lipinski definition) is 2. The monoisotopic (exact) mass is 264 g/mol. The van der Waals surface area contributed by atoms with Crippen LogP contribution in [0.1, 0.15) is 42.5 Å². The highest BCUT2D eigenvalue weighted by Crippen LogP contribution is 2.32.